The van der Waals surface area contributed by atoms with Crippen molar-refractivity contribution in [2.24, 2.45) is 5.41 Å². The first-order chi connectivity index (χ1) is 8.39. The van der Waals surface area contributed by atoms with E-state index in [0.29, 0.717) is 5.41 Å². The second-order valence-electron chi connectivity index (χ2n) is 6.53. The van der Waals surface area contributed by atoms with Crippen LogP contribution in [0.2, 0.25) is 0 Å². The van der Waals surface area contributed by atoms with Gasteiger partial charge in [0.15, 0.2) is 0 Å². The van der Waals surface area contributed by atoms with Crippen LogP contribution < -0.4 is 4.74 Å². The maximum absolute atomic E-state index is 10.4. The first-order valence-electron chi connectivity index (χ1n) is 6.56. The van der Waals surface area contributed by atoms with E-state index >= 15 is 0 Å². The van der Waals surface area contributed by atoms with Crippen molar-refractivity contribution < 1.29 is 9.84 Å². The largest absolute Gasteiger partial charge is 0.487 e. The predicted molar refractivity (Wildman–Crippen MR) is 74.7 cm³/mol. The van der Waals surface area contributed by atoms with Crippen LogP contribution in [0.5, 0.6) is 5.75 Å². The monoisotopic (exact) mass is 310 g/mol. The van der Waals surface area contributed by atoms with E-state index in [0.717, 1.165) is 35.0 Å². The van der Waals surface area contributed by atoms with E-state index < -0.39 is 6.10 Å². The molecule has 1 fully saturated rings. The summed E-state index contributed by atoms with van der Waals surface area (Å²) < 4.78 is 7.25. The Balaban J connectivity index is 1.95. The van der Waals surface area contributed by atoms with Crippen LogP contribution in [0.25, 0.3) is 0 Å². The van der Waals surface area contributed by atoms with E-state index in [4.69, 9.17) is 4.74 Å². The van der Waals surface area contributed by atoms with Gasteiger partial charge in [0.25, 0.3) is 0 Å². The molecule has 1 spiro atoms. The highest BCUT2D eigenvalue weighted by Gasteiger charge is 2.48. The fraction of sp³-hybridized carbons (Fsp3) is 0.600. The molecule has 2 atom stereocenters. The number of aliphatic hydroxyl groups excluding tert-OH is 1. The van der Waals surface area contributed by atoms with Crippen LogP contribution in [0.3, 0.4) is 0 Å². The summed E-state index contributed by atoms with van der Waals surface area (Å²) in [6, 6.07) is 5.91. The van der Waals surface area contributed by atoms with E-state index in [-0.39, 0.29) is 5.60 Å². The number of hydrogen-bond donors (Lipinski definition) is 1. The van der Waals surface area contributed by atoms with Crippen molar-refractivity contribution in [1.29, 1.82) is 0 Å². The molecule has 1 aromatic carbocycles. The van der Waals surface area contributed by atoms with Crippen molar-refractivity contribution in [2.75, 3.05) is 0 Å². The van der Waals surface area contributed by atoms with Gasteiger partial charge in [-0.05, 0) is 42.9 Å². The van der Waals surface area contributed by atoms with Crippen LogP contribution in [0.15, 0.2) is 22.7 Å². The molecule has 3 rings (SSSR count). The summed E-state index contributed by atoms with van der Waals surface area (Å²) in [5.74, 6) is 0.856. The molecular formula is C15H19BrO2. The maximum atomic E-state index is 10.4. The Morgan fingerprint density at radius 2 is 2.11 bits per heavy atom. The molecule has 0 radical (unpaired) electrons. The second kappa shape index (κ2) is 3.97. The van der Waals surface area contributed by atoms with Crippen molar-refractivity contribution in [1.82, 2.24) is 0 Å². The van der Waals surface area contributed by atoms with E-state index in [1.54, 1.807) is 0 Å². The highest BCUT2D eigenvalue weighted by Crippen LogP contribution is 2.53. The molecule has 1 aromatic rings. The Bertz CT molecular complexity index is 483. The third-order valence-electron chi connectivity index (χ3n) is 4.28. The van der Waals surface area contributed by atoms with Gasteiger partial charge in [0.1, 0.15) is 11.4 Å². The van der Waals surface area contributed by atoms with Gasteiger partial charge in [-0.15, -0.1) is 0 Å². The zero-order chi connectivity index (χ0) is 13.0. The molecule has 18 heavy (non-hydrogen) atoms. The van der Waals surface area contributed by atoms with Crippen LogP contribution in [-0.4, -0.2) is 10.7 Å². The van der Waals surface area contributed by atoms with Gasteiger partial charge in [-0.25, -0.2) is 0 Å². The number of aliphatic hydroxyl groups is 1. The number of halogens is 1. The molecule has 0 aromatic heterocycles. The van der Waals surface area contributed by atoms with Gasteiger partial charge >= 0.3 is 0 Å². The smallest absolute Gasteiger partial charge is 0.126 e. The first kappa shape index (κ1) is 12.5. The van der Waals surface area contributed by atoms with E-state index in [9.17, 15) is 5.11 Å². The Labute approximate surface area is 116 Å². The van der Waals surface area contributed by atoms with Crippen molar-refractivity contribution in [3.05, 3.63) is 28.2 Å². The Kier molecular flexibility index (Phi) is 2.76. The number of hydrogen-bond acceptors (Lipinski definition) is 2. The molecule has 1 aliphatic heterocycles. The minimum atomic E-state index is -0.403. The summed E-state index contributed by atoms with van der Waals surface area (Å²) >= 11 is 3.44. The summed E-state index contributed by atoms with van der Waals surface area (Å²) in [4.78, 5) is 0. The van der Waals surface area contributed by atoms with Gasteiger partial charge in [0, 0.05) is 16.5 Å². The predicted octanol–water partition coefficient (Wildman–Crippen LogP) is 4.21. The molecule has 1 N–H and O–H groups in total. The average Bonchev–Trinajstić information content (AvgIpc) is 2.56. The Morgan fingerprint density at radius 1 is 1.33 bits per heavy atom. The van der Waals surface area contributed by atoms with Gasteiger partial charge in [-0.1, -0.05) is 29.8 Å². The van der Waals surface area contributed by atoms with Crippen LogP contribution in [-0.2, 0) is 0 Å². The van der Waals surface area contributed by atoms with Crippen LogP contribution in [0, 0.1) is 5.41 Å². The highest BCUT2D eigenvalue weighted by atomic mass is 79.9. The summed E-state index contributed by atoms with van der Waals surface area (Å²) in [6.07, 6.45) is 3.57. The summed E-state index contributed by atoms with van der Waals surface area (Å²) in [5.41, 5.74) is 1.09. The molecule has 2 aliphatic rings. The number of fused-ring (bicyclic) bond motifs is 1. The number of rotatable bonds is 0. The van der Waals surface area contributed by atoms with E-state index in [1.165, 1.54) is 6.42 Å². The molecule has 3 heteroatoms. The lowest BCUT2D eigenvalue weighted by Gasteiger charge is -2.39. The van der Waals surface area contributed by atoms with Crippen LogP contribution in [0.4, 0.5) is 0 Å². The molecule has 1 saturated carbocycles. The minimum absolute atomic E-state index is 0.149. The molecule has 1 heterocycles. The normalized spacial score (nSPS) is 33.2. The lowest BCUT2D eigenvalue weighted by atomic mass is 9.83. The fourth-order valence-corrected chi connectivity index (χ4v) is 3.87. The van der Waals surface area contributed by atoms with Gasteiger partial charge in [0.05, 0.1) is 6.10 Å². The molecule has 2 nitrogen and oxygen atoms in total. The van der Waals surface area contributed by atoms with Gasteiger partial charge in [-0.3, -0.25) is 0 Å². The molecule has 0 amide bonds. The van der Waals surface area contributed by atoms with Crippen LogP contribution >= 0.6 is 15.9 Å². The van der Waals surface area contributed by atoms with E-state index in [1.807, 2.05) is 18.2 Å². The third-order valence-corrected chi connectivity index (χ3v) is 4.77. The summed E-state index contributed by atoms with van der Waals surface area (Å²) in [7, 11) is 0. The van der Waals surface area contributed by atoms with Gasteiger partial charge < -0.3 is 9.84 Å². The average molecular weight is 311 g/mol. The fourth-order valence-electron chi connectivity index (χ4n) is 3.49. The molecule has 1 aliphatic carbocycles. The SMILES string of the molecule is CC1(C)CCC2(CC(O)c3cc(Br)ccc3O2)C1. The summed E-state index contributed by atoms with van der Waals surface area (Å²) in [6.45, 7) is 4.57. The van der Waals surface area contributed by atoms with E-state index in [2.05, 4.69) is 29.8 Å². The van der Waals surface area contributed by atoms with Crippen molar-refractivity contribution >= 4 is 15.9 Å². The number of benzene rings is 1. The Morgan fingerprint density at radius 3 is 2.78 bits per heavy atom. The first-order valence-corrected chi connectivity index (χ1v) is 7.35. The summed E-state index contributed by atoms with van der Waals surface area (Å²) in [5, 5.41) is 10.4. The number of ether oxygens (including phenoxy) is 1. The zero-order valence-corrected chi connectivity index (χ0v) is 12.5. The van der Waals surface area contributed by atoms with Gasteiger partial charge in [0.2, 0.25) is 0 Å². The van der Waals surface area contributed by atoms with Crippen molar-refractivity contribution in [3.8, 4) is 5.75 Å². The minimum Gasteiger partial charge on any atom is -0.487 e. The zero-order valence-electron chi connectivity index (χ0n) is 10.9. The molecule has 98 valence electrons. The maximum Gasteiger partial charge on any atom is 0.126 e. The molecule has 2 unspecified atom stereocenters. The topological polar surface area (TPSA) is 29.5 Å². The molecule has 0 saturated heterocycles. The second-order valence-corrected chi connectivity index (χ2v) is 7.44. The Hall–Kier alpha value is -0.540. The quantitative estimate of drug-likeness (QED) is 0.777. The lowest BCUT2D eigenvalue weighted by molar-refractivity contribution is -0.0155. The third kappa shape index (κ3) is 2.08. The van der Waals surface area contributed by atoms with Crippen molar-refractivity contribution in [3.63, 3.8) is 0 Å². The standard InChI is InChI=1S/C15H19BrO2/c1-14(2)5-6-15(9-14)8-12(17)11-7-10(16)3-4-13(11)18-15/h3-4,7,12,17H,5-6,8-9H2,1-2H3. The van der Waals surface area contributed by atoms with Crippen LogP contribution in [0.1, 0.15) is 51.2 Å². The molecule has 0 bridgehead atoms. The lowest BCUT2D eigenvalue weighted by Crippen LogP contribution is -2.39. The highest BCUT2D eigenvalue weighted by molar-refractivity contribution is 9.10. The van der Waals surface area contributed by atoms with Crippen molar-refractivity contribution in [2.45, 2.75) is 51.2 Å². The molecular weight excluding hydrogens is 292 g/mol. The van der Waals surface area contributed by atoms with Gasteiger partial charge in [-0.2, -0.15) is 0 Å².